The van der Waals surface area contributed by atoms with E-state index in [2.05, 4.69) is 20.7 Å². The van der Waals surface area contributed by atoms with Crippen molar-refractivity contribution >= 4 is 17.5 Å². The van der Waals surface area contributed by atoms with Crippen molar-refractivity contribution in [3.63, 3.8) is 0 Å². The van der Waals surface area contributed by atoms with E-state index in [9.17, 15) is 14.0 Å². The fourth-order valence-electron chi connectivity index (χ4n) is 2.86. The first-order valence-corrected chi connectivity index (χ1v) is 8.39. The van der Waals surface area contributed by atoms with Crippen LogP contribution < -0.4 is 15.8 Å². The zero-order valence-corrected chi connectivity index (χ0v) is 13.8. The third-order valence-electron chi connectivity index (χ3n) is 4.69. The monoisotopic (exact) mass is 334 g/mol. The predicted molar refractivity (Wildman–Crippen MR) is 88.7 cm³/mol. The minimum absolute atomic E-state index is 0.0693. The molecule has 6 nitrogen and oxygen atoms in total. The van der Waals surface area contributed by atoms with E-state index in [-0.39, 0.29) is 29.6 Å². The third-order valence-corrected chi connectivity index (χ3v) is 4.69. The van der Waals surface area contributed by atoms with Crippen molar-refractivity contribution in [2.24, 2.45) is 5.92 Å². The van der Waals surface area contributed by atoms with Crippen molar-refractivity contribution in [2.75, 3.05) is 31.1 Å². The van der Waals surface area contributed by atoms with Gasteiger partial charge in [0.05, 0.1) is 6.04 Å². The maximum atomic E-state index is 13.0. The molecule has 0 spiro atoms. The van der Waals surface area contributed by atoms with Crippen molar-refractivity contribution in [3.05, 3.63) is 30.1 Å². The van der Waals surface area contributed by atoms with Crippen molar-refractivity contribution in [3.8, 4) is 0 Å². The Labute approximate surface area is 141 Å². The number of piperazine rings is 1. The van der Waals surface area contributed by atoms with Crippen LogP contribution >= 0.6 is 0 Å². The Morgan fingerprint density at radius 1 is 1.08 bits per heavy atom. The molecule has 2 amide bonds. The zero-order chi connectivity index (χ0) is 17.1. The lowest BCUT2D eigenvalue weighted by Gasteiger charge is -2.38. The molecular weight excluding hydrogens is 311 g/mol. The highest BCUT2D eigenvalue weighted by molar-refractivity contribution is 5.86. The Morgan fingerprint density at radius 2 is 1.71 bits per heavy atom. The fraction of sp³-hybridized carbons (Fsp3) is 0.529. The summed E-state index contributed by atoms with van der Waals surface area (Å²) in [5.74, 6) is -0.466. The largest absolute Gasteiger partial charge is 0.369 e. The number of carbonyl (C=O) groups excluding carboxylic acids is 2. The summed E-state index contributed by atoms with van der Waals surface area (Å²) in [7, 11) is 0. The summed E-state index contributed by atoms with van der Waals surface area (Å²) in [6.07, 6.45) is 1.81. The van der Waals surface area contributed by atoms with E-state index >= 15 is 0 Å². The molecule has 1 aromatic carbocycles. The molecule has 1 unspecified atom stereocenters. The van der Waals surface area contributed by atoms with Crippen LogP contribution in [0.25, 0.3) is 0 Å². The SMILES string of the molecule is CC(C(=O)NNC(=O)C1CC1)N1CCN(c2ccc(F)cc2)CC1. The fourth-order valence-corrected chi connectivity index (χ4v) is 2.86. The molecule has 1 aromatic rings. The molecule has 0 aromatic heterocycles. The van der Waals surface area contributed by atoms with Crippen molar-refractivity contribution in [2.45, 2.75) is 25.8 Å². The van der Waals surface area contributed by atoms with Gasteiger partial charge < -0.3 is 4.90 Å². The van der Waals surface area contributed by atoms with Gasteiger partial charge in [0.15, 0.2) is 0 Å². The Balaban J connectivity index is 1.45. The van der Waals surface area contributed by atoms with E-state index in [4.69, 9.17) is 0 Å². The molecule has 1 saturated carbocycles. The molecule has 1 aliphatic heterocycles. The summed E-state index contributed by atoms with van der Waals surface area (Å²) >= 11 is 0. The number of anilines is 1. The number of nitrogens with one attached hydrogen (secondary N) is 2. The molecule has 3 rings (SSSR count). The summed E-state index contributed by atoms with van der Waals surface area (Å²) in [5.41, 5.74) is 6.00. The normalized spacial score (nSPS) is 19.7. The van der Waals surface area contributed by atoms with Crippen LogP contribution in [0.4, 0.5) is 10.1 Å². The maximum Gasteiger partial charge on any atom is 0.255 e. The lowest BCUT2D eigenvalue weighted by atomic mass is 10.2. The van der Waals surface area contributed by atoms with E-state index < -0.39 is 0 Å². The van der Waals surface area contributed by atoms with Crippen LogP contribution in [0, 0.1) is 11.7 Å². The summed E-state index contributed by atoms with van der Waals surface area (Å²) in [6, 6.07) is 6.16. The molecule has 1 aliphatic carbocycles. The Morgan fingerprint density at radius 3 is 2.29 bits per heavy atom. The minimum Gasteiger partial charge on any atom is -0.369 e. The van der Waals surface area contributed by atoms with Gasteiger partial charge in [-0.15, -0.1) is 0 Å². The lowest BCUT2D eigenvalue weighted by molar-refractivity contribution is -0.132. The van der Waals surface area contributed by atoms with Gasteiger partial charge in [-0.05, 0) is 44.0 Å². The lowest BCUT2D eigenvalue weighted by Crippen LogP contribution is -2.56. The van der Waals surface area contributed by atoms with Crippen LogP contribution in [0.5, 0.6) is 0 Å². The number of hydrogen-bond donors (Lipinski definition) is 2. The highest BCUT2D eigenvalue weighted by Gasteiger charge is 2.31. The smallest absolute Gasteiger partial charge is 0.255 e. The molecule has 2 N–H and O–H groups in total. The molecular formula is C17H23FN4O2. The van der Waals surface area contributed by atoms with Crippen LogP contribution in [-0.2, 0) is 9.59 Å². The van der Waals surface area contributed by atoms with Gasteiger partial charge in [-0.2, -0.15) is 0 Å². The Hall–Kier alpha value is -2.15. The van der Waals surface area contributed by atoms with E-state index in [0.717, 1.165) is 44.7 Å². The number of nitrogens with zero attached hydrogens (tertiary/aromatic N) is 2. The zero-order valence-electron chi connectivity index (χ0n) is 13.8. The quantitative estimate of drug-likeness (QED) is 0.803. The van der Waals surface area contributed by atoms with Crippen LogP contribution in [0.1, 0.15) is 19.8 Å². The first-order valence-electron chi connectivity index (χ1n) is 8.39. The Bertz CT molecular complexity index is 595. The molecule has 0 bridgehead atoms. The van der Waals surface area contributed by atoms with Crippen molar-refractivity contribution in [1.82, 2.24) is 15.8 Å². The molecule has 1 heterocycles. The summed E-state index contributed by atoms with van der Waals surface area (Å²) in [5, 5.41) is 0. The van der Waals surface area contributed by atoms with Gasteiger partial charge >= 0.3 is 0 Å². The van der Waals surface area contributed by atoms with Gasteiger partial charge in [-0.3, -0.25) is 25.3 Å². The molecule has 7 heteroatoms. The number of carbonyl (C=O) groups is 2. The maximum absolute atomic E-state index is 13.0. The van der Waals surface area contributed by atoms with Gasteiger partial charge in [-0.1, -0.05) is 0 Å². The van der Waals surface area contributed by atoms with E-state index in [1.165, 1.54) is 12.1 Å². The number of hydrazine groups is 1. The van der Waals surface area contributed by atoms with E-state index in [1.54, 1.807) is 12.1 Å². The molecule has 1 atom stereocenters. The van der Waals surface area contributed by atoms with Gasteiger partial charge in [0, 0.05) is 37.8 Å². The number of benzene rings is 1. The van der Waals surface area contributed by atoms with Crippen LogP contribution in [0.15, 0.2) is 24.3 Å². The molecule has 2 aliphatic rings. The van der Waals surface area contributed by atoms with Crippen LogP contribution in [0.2, 0.25) is 0 Å². The standard InChI is InChI=1S/C17H23FN4O2/c1-12(16(23)19-20-17(24)13-2-3-13)21-8-10-22(11-9-21)15-6-4-14(18)5-7-15/h4-7,12-13H,2-3,8-11H2,1H3,(H,19,23)(H,20,24). The molecule has 1 saturated heterocycles. The topological polar surface area (TPSA) is 64.7 Å². The summed E-state index contributed by atoms with van der Waals surface area (Å²) in [6.45, 7) is 4.87. The first-order chi connectivity index (χ1) is 11.5. The Kier molecular flexibility index (Phi) is 4.99. The second-order valence-electron chi connectivity index (χ2n) is 6.43. The number of hydrogen-bond acceptors (Lipinski definition) is 4. The second-order valence-corrected chi connectivity index (χ2v) is 6.43. The molecule has 2 fully saturated rings. The van der Waals surface area contributed by atoms with Crippen LogP contribution in [0.3, 0.4) is 0 Å². The average molecular weight is 334 g/mol. The number of halogens is 1. The van der Waals surface area contributed by atoms with Crippen molar-refractivity contribution in [1.29, 1.82) is 0 Å². The molecule has 24 heavy (non-hydrogen) atoms. The van der Waals surface area contributed by atoms with Gasteiger partial charge in [0.25, 0.3) is 5.91 Å². The van der Waals surface area contributed by atoms with E-state index in [0.29, 0.717) is 0 Å². The van der Waals surface area contributed by atoms with Gasteiger partial charge in [-0.25, -0.2) is 4.39 Å². The second kappa shape index (κ2) is 7.17. The predicted octanol–water partition coefficient (Wildman–Crippen LogP) is 0.894. The van der Waals surface area contributed by atoms with E-state index in [1.807, 2.05) is 6.92 Å². The van der Waals surface area contributed by atoms with Gasteiger partial charge in [0.1, 0.15) is 5.82 Å². The van der Waals surface area contributed by atoms with Gasteiger partial charge in [0.2, 0.25) is 5.91 Å². The third kappa shape index (κ3) is 4.03. The molecule has 0 radical (unpaired) electrons. The number of rotatable bonds is 4. The van der Waals surface area contributed by atoms with Crippen molar-refractivity contribution < 1.29 is 14.0 Å². The first kappa shape index (κ1) is 16.7. The summed E-state index contributed by atoms with van der Waals surface area (Å²) in [4.78, 5) is 28.0. The minimum atomic E-state index is -0.306. The molecule has 130 valence electrons. The number of amides is 2. The average Bonchev–Trinajstić information content (AvgIpc) is 3.45. The highest BCUT2D eigenvalue weighted by Crippen LogP contribution is 2.28. The highest BCUT2D eigenvalue weighted by atomic mass is 19.1. The summed E-state index contributed by atoms with van der Waals surface area (Å²) < 4.78 is 13.0. The van der Waals surface area contributed by atoms with Crippen LogP contribution in [-0.4, -0.2) is 48.9 Å².